The molecule has 1 aliphatic heterocycles. The topological polar surface area (TPSA) is 86.2 Å². The average molecular weight is 224 g/mol. The van der Waals surface area contributed by atoms with E-state index < -0.39 is 10.0 Å². The zero-order chi connectivity index (χ0) is 9.95. The van der Waals surface area contributed by atoms with Crippen LogP contribution in [0.5, 0.6) is 0 Å². The normalized spacial score (nSPS) is 22.9. The second-order valence-electron chi connectivity index (χ2n) is 3.62. The van der Waals surface area contributed by atoms with E-state index in [-0.39, 0.29) is 11.2 Å². The molecule has 1 fully saturated rings. The van der Waals surface area contributed by atoms with E-state index in [1.54, 1.807) is 0 Å². The van der Waals surface area contributed by atoms with Crippen molar-refractivity contribution in [1.29, 1.82) is 0 Å². The standard InChI is InChI=1S/C7H16N2O2S2/c8-5-7(6-13(9,10)11)1-3-12-4-2-7/h1-6,8H2,(H2,9,10,11). The van der Waals surface area contributed by atoms with Gasteiger partial charge in [0, 0.05) is 0 Å². The van der Waals surface area contributed by atoms with Gasteiger partial charge in [-0.05, 0) is 36.3 Å². The number of hydrogen-bond donors (Lipinski definition) is 2. The van der Waals surface area contributed by atoms with Crippen molar-refractivity contribution in [1.82, 2.24) is 0 Å². The number of sulfonamides is 1. The van der Waals surface area contributed by atoms with Gasteiger partial charge < -0.3 is 5.73 Å². The lowest BCUT2D eigenvalue weighted by atomic mass is 9.84. The minimum absolute atomic E-state index is 0.0387. The fraction of sp³-hybridized carbons (Fsp3) is 1.00. The summed E-state index contributed by atoms with van der Waals surface area (Å²) >= 11 is 1.85. The van der Waals surface area contributed by atoms with Crippen LogP contribution in [-0.2, 0) is 10.0 Å². The maximum absolute atomic E-state index is 11.0. The zero-order valence-corrected chi connectivity index (χ0v) is 9.16. The molecular formula is C7H16N2O2S2. The fourth-order valence-electron chi connectivity index (χ4n) is 1.64. The molecule has 1 aliphatic rings. The molecule has 0 aromatic rings. The van der Waals surface area contributed by atoms with E-state index in [4.69, 9.17) is 10.9 Å². The van der Waals surface area contributed by atoms with E-state index in [1.807, 2.05) is 11.8 Å². The third kappa shape index (κ3) is 3.46. The molecule has 78 valence electrons. The Morgan fingerprint density at radius 1 is 1.31 bits per heavy atom. The van der Waals surface area contributed by atoms with Gasteiger partial charge in [-0.2, -0.15) is 11.8 Å². The molecule has 0 aromatic carbocycles. The summed E-state index contributed by atoms with van der Waals surface area (Å²) in [7, 11) is -3.38. The van der Waals surface area contributed by atoms with Crippen molar-refractivity contribution >= 4 is 21.8 Å². The zero-order valence-electron chi connectivity index (χ0n) is 7.53. The smallest absolute Gasteiger partial charge is 0.209 e. The Morgan fingerprint density at radius 3 is 2.23 bits per heavy atom. The lowest BCUT2D eigenvalue weighted by molar-refractivity contribution is 0.311. The van der Waals surface area contributed by atoms with Crippen LogP contribution in [0.2, 0.25) is 0 Å². The van der Waals surface area contributed by atoms with Crippen LogP contribution in [0.15, 0.2) is 0 Å². The molecule has 6 heteroatoms. The van der Waals surface area contributed by atoms with Crippen LogP contribution >= 0.6 is 11.8 Å². The van der Waals surface area contributed by atoms with Crippen LogP contribution in [0.25, 0.3) is 0 Å². The van der Waals surface area contributed by atoms with Gasteiger partial charge in [0.2, 0.25) is 10.0 Å². The summed E-state index contributed by atoms with van der Waals surface area (Å²) in [5.74, 6) is 2.02. The SMILES string of the molecule is NCC1(CS(N)(=O)=O)CCSCC1. The molecule has 1 heterocycles. The van der Waals surface area contributed by atoms with Crippen molar-refractivity contribution in [3.05, 3.63) is 0 Å². The van der Waals surface area contributed by atoms with E-state index in [2.05, 4.69) is 0 Å². The van der Waals surface area contributed by atoms with E-state index in [1.165, 1.54) is 0 Å². The summed E-state index contributed by atoms with van der Waals surface area (Å²) in [6.45, 7) is 0.421. The molecule has 0 atom stereocenters. The maximum Gasteiger partial charge on any atom is 0.209 e. The molecule has 0 bridgehead atoms. The van der Waals surface area contributed by atoms with Gasteiger partial charge in [0.05, 0.1) is 5.75 Å². The minimum atomic E-state index is -3.38. The molecule has 0 saturated carbocycles. The number of nitrogens with two attached hydrogens (primary N) is 2. The molecule has 0 aromatic heterocycles. The number of primary sulfonamides is 1. The Bertz CT molecular complexity index is 258. The largest absolute Gasteiger partial charge is 0.330 e. The predicted octanol–water partition coefficient (Wildman–Crippen LogP) is -0.253. The van der Waals surface area contributed by atoms with Crippen LogP contribution < -0.4 is 10.9 Å². The molecular weight excluding hydrogens is 208 g/mol. The lowest BCUT2D eigenvalue weighted by Crippen LogP contribution is -2.42. The minimum Gasteiger partial charge on any atom is -0.330 e. The molecule has 0 spiro atoms. The van der Waals surface area contributed by atoms with Crippen LogP contribution in [0.3, 0.4) is 0 Å². The van der Waals surface area contributed by atoms with Gasteiger partial charge in [-0.1, -0.05) is 0 Å². The van der Waals surface area contributed by atoms with Crippen molar-refractivity contribution in [2.24, 2.45) is 16.3 Å². The lowest BCUT2D eigenvalue weighted by Gasteiger charge is -2.34. The Hall–Kier alpha value is 0.220. The maximum atomic E-state index is 11.0. The van der Waals surface area contributed by atoms with Crippen molar-refractivity contribution in [2.45, 2.75) is 12.8 Å². The Balaban J connectivity index is 2.68. The summed E-state index contributed by atoms with van der Waals surface area (Å²) in [6, 6.07) is 0. The molecule has 1 rings (SSSR count). The third-order valence-electron chi connectivity index (χ3n) is 2.49. The van der Waals surface area contributed by atoms with Gasteiger partial charge in [-0.3, -0.25) is 0 Å². The highest BCUT2D eigenvalue weighted by molar-refractivity contribution is 7.99. The Labute approximate surface area is 83.5 Å². The first-order valence-corrected chi connectivity index (χ1v) is 7.13. The molecule has 0 unspecified atom stereocenters. The molecule has 1 saturated heterocycles. The summed E-state index contributed by atoms with van der Waals surface area (Å²) in [5, 5.41) is 5.04. The predicted molar refractivity (Wildman–Crippen MR) is 56.0 cm³/mol. The van der Waals surface area contributed by atoms with Gasteiger partial charge in [0.1, 0.15) is 0 Å². The molecule has 4 N–H and O–H groups in total. The van der Waals surface area contributed by atoms with Gasteiger partial charge in [0.25, 0.3) is 0 Å². The number of rotatable bonds is 3. The Morgan fingerprint density at radius 2 is 1.85 bits per heavy atom. The molecule has 0 radical (unpaired) electrons. The van der Waals surface area contributed by atoms with Crippen LogP contribution in [0.4, 0.5) is 0 Å². The van der Waals surface area contributed by atoms with E-state index in [0.717, 1.165) is 24.3 Å². The van der Waals surface area contributed by atoms with Gasteiger partial charge >= 0.3 is 0 Å². The van der Waals surface area contributed by atoms with E-state index in [0.29, 0.717) is 6.54 Å². The van der Waals surface area contributed by atoms with Crippen LogP contribution in [0, 0.1) is 5.41 Å². The first-order valence-electron chi connectivity index (χ1n) is 4.26. The number of hydrogen-bond acceptors (Lipinski definition) is 4. The van der Waals surface area contributed by atoms with E-state index in [9.17, 15) is 8.42 Å². The van der Waals surface area contributed by atoms with Gasteiger partial charge in [-0.15, -0.1) is 0 Å². The highest BCUT2D eigenvalue weighted by Gasteiger charge is 2.34. The number of thioether (sulfide) groups is 1. The monoisotopic (exact) mass is 224 g/mol. The summed E-state index contributed by atoms with van der Waals surface area (Å²) in [6.07, 6.45) is 1.73. The first kappa shape index (κ1) is 11.3. The summed E-state index contributed by atoms with van der Waals surface area (Å²) < 4.78 is 22.0. The highest BCUT2D eigenvalue weighted by Crippen LogP contribution is 2.34. The van der Waals surface area contributed by atoms with Gasteiger partial charge in [0.15, 0.2) is 0 Å². The second kappa shape index (κ2) is 4.16. The summed E-state index contributed by atoms with van der Waals surface area (Å²) in [5.41, 5.74) is 5.36. The molecule has 0 amide bonds. The average Bonchev–Trinajstić information content (AvgIpc) is 2.03. The first-order chi connectivity index (χ1) is 5.97. The Kier molecular flexibility index (Phi) is 3.62. The van der Waals surface area contributed by atoms with Crippen molar-refractivity contribution in [2.75, 3.05) is 23.8 Å². The van der Waals surface area contributed by atoms with Crippen LogP contribution in [-0.4, -0.2) is 32.2 Å². The highest BCUT2D eigenvalue weighted by atomic mass is 32.2. The van der Waals surface area contributed by atoms with E-state index >= 15 is 0 Å². The quantitative estimate of drug-likeness (QED) is 0.692. The van der Waals surface area contributed by atoms with Gasteiger partial charge in [-0.25, -0.2) is 13.6 Å². The fourth-order valence-corrected chi connectivity index (χ4v) is 4.26. The third-order valence-corrected chi connectivity index (χ3v) is 4.49. The summed E-state index contributed by atoms with van der Waals surface area (Å²) in [4.78, 5) is 0. The van der Waals surface area contributed by atoms with Crippen molar-refractivity contribution < 1.29 is 8.42 Å². The molecule has 4 nitrogen and oxygen atoms in total. The molecule has 0 aliphatic carbocycles. The second-order valence-corrected chi connectivity index (χ2v) is 6.46. The van der Waals surface area contributed by atoms with Crippen molar-refractivity contribution in [3.63, 3.8) is 0 Å². The van der Waals surface area contributed by atoms with Crippen molar-refractivity contribution in [3.8, 4) is 0 Å². The van der Waals surface area contributed by atoms with Crippen LogP contribution in [0.1, 0.15) is 12.8 Å². The molecule has 13 heavy (non-hydrogen) atoms.